The highest BCUT2D eigenvalue weighted by Crippen LogP contribution is 2.35. The van der Waals surface area contributed by atoms with E-state index in [1.54, 1.807) is 11.8 Å². The van der Waals surface area contributed by atoms with E-state index in [4.69, 9.17) is 0 Å². The topological polar surface area (TPSA) is 53.9 Å². The van der Waals surface area contributed by atoms with E-state index in [0.29, 0.717) is 5.56 Å². The summed E-state index contributed by atoms with van der Waals surface area (Å²) < 4.78 is 0. The fourth-order valence-corrected chi connectivity index (χ4v) is 5.26. The summed E-state index contributed by atoms with van der Waals surface area (Å²) in [7, 11) is 0. The summed E-state index contributed by atoms with van der Waals surface area (Å²) in [5.74, 6) is 0.169. The minimum Gasteiger partial charge on any atom is -0.339 e. The van der Waals surface area contributed by atoms with Gasteiger partial charge in [-0.05, 0) is 56.7 Å². The van der Waals surface area contributed by atoms with Crippen LogP contribution >= 0.6 is 11.8 Å². The number of benzene rings is 1. The number of nitrogens with one attached hydrogen (secondary N) is 2. The molecule has 2 amide bonds. The number of hydrogen-bond acceptors (Lipinski definition) is 3. The maximum atomic E-state index is 12.7. The molecule has 6 heteroatoms. The third-order valence-corrected chi connectivity index (χ3v) is 6.87. The Morgan fingerprint density at radius 2 is 1.80 bits per heavy atom. The lowest BCUT2D eigenvalue weighted by Crippen LogP contribution is -3.17. The van der Waals surface area contributed by atoms with E-state index < -0.39 is 0 Å². The number of piperidine rings is 2. The number of rotatable bonds is 2. The molecule has 1 aromatic carbocycles. The largest absolute Gasteiger partial charge is 0.339 e. The van der Waals surface area contributed by atoms with Crippen LogP contribution in [-0.2, 0) is 4.79 Å². The van der Waals surface area contributed by atoms with Crippen LogP contribution in [-0.4, -0.2) is 48.3 Å². The monoisotopic (exact) mass is 360 g/mol. The zero-order valence-corrected chi connectivity index (χ0v) is 15.4. The van der Waals surface area contributed by atoms with Gasteiger partial charge >= 0.3 is 0 Å². The molecule has 0 saturated carbocycles. The molecule has 3 heterocycles. The first-order valence-corrected chi connectivity index (χ1v) is 10.4. The molecule has 0 aromatic heterocycles. The predicted octanol–water partition coefficient (Wildman–Crippen LogP) is 1.75. The van der Waals surface area contributed by atoms with Gasteiger partial charge < -0.3 is 15.1 Å². The molecular weight excluding hydrogens is 334 g/mol. The second-order valence-corrected chi connectivity index (χ2v) is 8.42. The quantitative estimate of drug-likeness (QED) is 0.845. The van der Waals surface area contributed by atoms with Crippen molar-refractivity contribution in [2.24, 2.45) is 0 Å². The smallest absolute Gasteiger partial charge is 0.294 e. The van der Waals surface area contributed by atoms with Crippen molar-refractivity contribution >= 4 is 29.3 Å². The number of fused-ring (bicyclic) bond motifs is 1. The van der Waals surface area contributed by atoms with Gasteiger partial charge in [-0.1, -0.05) is 11.8 Å². The average Bonchev–Trinajstić information content (AvgIpc) is 2.68. The summed E-state index contributed by atoms with van der Waals surface area (Å²) in [5, 5.41) is 3.00. The van der Waals surface area contributed by atoms with Gasteiger partial charge in [0.1, 0.15) is 0 Å². The zero-order chi connectivity index (χ0) is 17.2. The lowest BCUT2D eigenvalue weighted by atomic mass is 10.1. The summed E-state index contributed by atoms with van der Waals surface area (Å²) in [4.78, 5) is 29.7. The second kappa shape index (κ2) is 7.38. The van der Waals surface area contributed by atoms with Crippen molar-refractivity contribution < 1.29 is 14.5 Å². The molecular formula is C19H26N3O2S+. The Bertz CT molecular complexity index is 667. The van der Waals surface area contributed by atoms with Crippen LogP contribution in [0.1, 0.15) is 48.9 Å². The maximum absolute atomic E-state index is 12.7. The SMILES string of the molecule is O=C1Nc2cc(C(=O)N3CCCCC3)ccc2SC1[NH+]1CCCCC1. The normalized spacial score (nSPS) is 24.6. The zero-order valence-electron chi connectivity index (χ0n) is 14.6. The van der Waals surface area contributed by atoms with E-state index in [0.717, 1.165) is 49.6 Å². The Balaban J connectivity index is 1.51. The van der Waals surface area contributed by atoms with Gasteiger partial charge in [0.05, 0.1) is 18.8 Å². The van der Waals surface area contributed by atoms with Crippen LogP contribution in [0.4, 0.5) is 5.69 Å². The summed E-state index contributed by atoms with van der Waals surface area (Å²) >= 11 is 1.65. The third-order valence-electron chi connectivity index (χ3n) is 5.48. The van der Waals surface area contributed by atoms with Crippen molar-refractivity contribution in [3.05, 3.63) is 23.8 Å². The van der Waals surface area contributed by atoms with Crippen molar-refractivity contribution in [3.63, 3.8) is 0 Å². The van der Waals surface area contributed by atoms with E-state index in [2.05, 4.69) is 5.32 Å². The van der Waals surface area contributed by atoms with E-state index in [1.165, 1.54) is 30.6 Å². The van der Waals surface area contributed by atoms with Crippen molar-refractivity contribution in [2.45, 2.75) is 48.8 Å². The van der Waals surface area contributed by atoms with Crippen molar-refractivity contribution in [1.29, 1.82) is 0 Å². The maximum Gasteiger partial charge on any atom is 0.294 e. The van der Waals surface area contributed by atoms with Gasteiger partial charge in [0.25, 0.3) is 11.8 Å². The number of hydrogen-bond donors (Lipinski definition) is 2. The molecule has 3 aliphatic rings. The summed E-state index contributed by atoms with van der Waals surface area (Å²) in [6.45, 7) is 3.84. The molecule has 2 fully saturated rings. The fraction of sp³-hybridized carbons (Fsp3) is 0.579. The average molecular weight is 361 g/mol. The van der Waals surface area contributed by atoms with Gasteiger partial charge in [-0.15, -0.1) is 0 Å². The van der Waals surface area contributed by atoms with Gasteiger partial charge in [0.2, 0.25) is 5.37 Å². The molecule has 134 valence electrons. The first kappa shape index (κ1) is 16.9. The number of carbonyl (C=O) groups is 2. The lowest BCUT2D eigenvalue weighted by Gasteiger charge is -2.33. The standard InChI is InChI=1S/C19H25N3O2S/c23-17-19(22-11-5-2-6-12-22)25-16-8-7-14(13-15(16)20-17)18(24)21-9-3-1-4-10-21/h7-8,13,19H,1-6,9-12H2,(H,20,23)/p+1. The summed E-state index contributed by atoms with van der Waals surface area (Å²) in [6.07, 6.45) is 7.07. The van der Waals surface area contributed by atoms with E-state index in [9.17, 15) is 9.59 Å². The predicted molar refractivity (Wildman–Crippen MR) is 99.0 cm³/mol. The molecule has 2 saturated heterocycles. The van der Waals surface area contributed by atoms with Crippen LogP contribution in [0, 0.1) is 0 Å². The van der Waals surface area contributed by atoms with E-state index >= 15 is 0 Å². The Hall–Kier alpha value is -1.53. The first-order chi connectivity index (χ1) is 12.2. The van der Waals surface area contributed by atoms with Crippen LogP contribution in [0.5, 0.6) is 0 Å². The number of thioether (sulfide) groups is 1. The second-order valence-electron chi connectivity index (χ2n) is 7.27. The molecule has 0 aliphatic carbocycles. The van der Waals surface area contributed by atoms with Crippen molar-refractivity contribution in [1.82, 2.24) is 4.90 Å². The summed E-state index contributed by atoms with van der Waals surface area (Å²) in [5.41, 5.74) is 1.48. The Labute approximate surface area is 153 Å². The molecule has 4 rings (SSSR count). The summed E-state index contributed by atoms with van der Waals surface area (Å²) in [6, 6.07) is 5.79. The van der Waals surface area contributed by atoms with Gasteiger partial charge in [0, 0.05) is 23.5 Å². The number of quaternary nitrogens is 1. The molecule has 1 aromatic rings. The van der Waals surface area contributed by atoms with Gasteiger partial charge in [-0.25, -0.2) is 0 Å². The highest BCUT2D eigenvalue weighted by atomic mass is 32.2. The molecule has 0 bridgehead atoms. The van der Waals surface area contributed by atoms with Crippen LogP contribution in [0.15, 0.2) is 23.1 Å². The number of anilines is 1. The molecule has 25 heavy (non-hydrogen) atoms. The Morgan fingerprint density at radius 1 is 1.08 bits per heavy atom. The van der Waals surface area contributed by atoms with Crippen LogP contribution in [0.2, 0.25) is 0 Å². The molecule has 0 spiro atoms. The number of nitrogens with zero attached hydrogens (tertiary/aromatic N) is 1. The first-order valence-electron chi connectivity index (χ1n) is 9.48. The van der Waals surface area contributed by atoms with Gasteiger partial charge in [0.15, 0.2) is 0 Å². The molecule has 0 radical (unpaired) electrons. The molecule has 1 unspecified atom stereocenters. The Kier molecular flexibility index (Phi) is 4.99. The van der Waals surface area contributed by atoms with E-state index in [-0.39, 0.29) is 17.2 Å². The van der Waals surface area contributed by atoms with Crippen molar-refractivity contribution in [2.75, 3.05) is 31.5 Å². The van der Waals surface area contributed by atoms with Crippen LogP contribution in [0.3, 0.4) is 0 Å². The van der Waals surface area contributed by atoms with Crippen LogP contribution in [0.25, 0.3) is 0 Å². The molecule has 5 nitrogen and oxygen atoms in total. The van der Waals surface area contributed by atoms with Crippen LogP contribution < -0.4 is 10.2 Å². The molecule has 2 N–H and O–H groups in total. The molecule has 3 aliphatic heterocycles. The van der Waals surface area contributed by atoms with Crippen molar-refractivity contribution in [3.8, 4) is 0 Å². The minimum atomic E-state index is -0.0588. The fourth-order valence-electron chi connectivity index (χ4n) is 4.06. The number of likely N-dealkylation sites (tertiary alicyclic amines) is 2. The highest BCUT2D eigenvalue weighted by Gasteiger charge is 2.36. The number of carbonyl (C=O) groups excluding carboxylic acids is 2. The Morgan fingerprint density at radius 3 is 2.56 bits per heavy atom. The highest BCUT2D eigenvalue weighted by molar-refractivity contribution is 8.00. The third kappa shape index (κ3) is 3.55. The van der Waals surface area contributed by atoms with Gasteiger partial charge in [-0.3, -0.25) is 9.59 Å². The molecule has 1 atom stereocenters. The minimum absolute atomic E-state index is 0.0588. The lowest BCUT2D eigenvalue weighted by molar-refractivity contribution is -0.906. The van der Waals surface area contributed by atoms with E-state index in [1.807, 2.05) is 23.1 Å². The van der Waals surface area contributed by atoms with Gasteiger partial charge in [-0.2, -0.15) is 0 Å². The number of amides is 2.